The molecule has 3 heteroatoms. The number of carbonyl (C=O) groups excluding carboxylic acids is 1. The minimum absolute atomic E-state index is 0.294. The SMILES string of the molecule is C=C/C=C\C(=C/C)COC(=C/C)/C(=C\C=C)C(=O)Cl.CC.CC. The number of halogens is 1. The Morgan fingerprint density at radius 2 is 1.61 bits per heavy atom. The molecule has 0 bridgehead atoms. The van der Waals surface area contributed by atoms with E-state index in [0.29, 0.717) is 17.9 Å². The Balaban J connectivity index is -0.000000919. The van der Waals surface area contributed by atoms with E-state index >= 15 is 0 Å². The van der Waals surface area contributed by atoms with Crippen LogP contribution < -0.4 is 0 Å². The predicted octanol–water partition coefficient (Wildman–Crippen LogP) is 6.53. The molecule has 0 radical (unpaired) electrons. The van der Waals surface area contributed by atoms with Crippen LogP contribution in [0.5, 0.6) is 0 Å². The van der Waals surface area contributed by atoms with Crippen molar-refractivity contribution < 1.29 is 9.53 Å². The van der Waals surface area contributed by atoms with Gasteiger partial charge in [0.05, 0.1) is 5.57 Å². The number of carbonyl (C=O) groups is 1. The van der Waals surface area contributed by atoms with Gasteiger partial charge >= 0.3 is 0 Å². The molecule has 0 aliphatic carbocycles. The molecule has 130 valence electrons. The van der Waals surface area contributed by atoms with Crippen molar-refractivity contribution in [2.24, 2.45) is 0 Å². The van der Waals surface area contributed by atoms with Crippen LogP contribution in [-0.4, -0.2) is 11.8 Å². The van der Waals surface area contributed by atoms with Crippen molar-refractivity contribution in [3.63, 3.8) is 0 Å². The number of rotatable bonds is 8. The quantitative estimate of drug-likeness (QED) is 0.218. The van der Waals surface area contributed by atoms with E-state index in [0.717, 1.165) is 5.57 Å². The lowest BCUT2D eigenvalue weighted by Crippen LogP contribution is -2.04. The second-order valence-electron chi connectivity index (χ2n) is 3.49. The van der Waals surface area contributed by atoms with Crippen molar-refractivity contribution in [1.29, 1.82) is 0 Å². The summed E-state index contributed by atoms with van der Waals surface area (Å²) in [6.45, 7) is 19.2. The summed E-state index contributed by atoms with van der Waals surface area (Å²) in [5.41, 5.74) is 1.27. The predicted molar refractivity (Wildman–Crippen MR) is 105 cm³/mol. The zero-order chi connectivity index (χ0) is 18.7. The van der Waals surface area contributed by atoms with Crippen molar-refractivity contribution in [2.45, 2.75) is 41.5 Å². The third-order valence-corrected chi connectivity index (χ3v) is 2.44. The first kappa shape index (κ1) is 26.1. The molecule has 2 nitrogen and oxygen atoms in total. The lowest BCUT2D eigenvalue weighted by molar-refractivity contribution is -0.108. The Hall–Kier alpha value is -1.80. The average molecular weight is 339 g/mol. The van der Waals surface area contributed by atoms with Crippen molar-refractivity contribution in [1.82, 2.24) is 0 Å². The summed E-state index contributed by atoms with van der Waals surface area (Å²) in [7, 11) is 0. The van der Waals surface area contributed by atoms with Gasteiger partial charge in [0.1, 0.15) is 12.4 Å². The smallest absolute Gasteiger partial charge is 0.256 e. The minimum Gasteiger partial charge on any atom is -0.488 e. The first-order valence-electron chi connectivity index (χ1n) is 7.87. The highest BCUT2D eigenvalue weighted by Gasteiger charge is 2.12. The summed E-state index contributed by atoms with van der Waals surface area (Å²) < 4.78 is 5.60. The molecule has 0 N–H and O–H groups in total. The molecule has 0 heterocycles. The largest absolute Gasteiger partial charge is 0.488 e. The lowest BCUT2D eigenvalue weighted by Gasteiger charge is -2.11. The molecular formula is C20H31ClO2. The molecule has 0 rings (SSSR count). The van der Waals surface area contributed by atoms with E-state index in [2.05, 4.69) is 13.2 Å². The van der Waals surface area contributed by atoms with Crippen LogP contribution in [0.2, 0.25) is 0 Å². The van der Waals surface area contributed by atoms with Crippen LogP contribution >= 0.6 is 11.6 Å². The van der Waals surface area contributed by atoms with Crippen molar-refractivity contribution in [3.8, 4) is 0 Å². The van der Waals surface area contributed by atoms with Gasteiger partial charge in [-0.1, -0.05) is 71.2 Å². The Morgan fingerprint density at radius 1 is 1.04 bits per heavy atom. The molecule has 0 saturated heterocycles. The fourth-order valence-corrected chi connectivity index (χ4v) is 1.42. The van der Waals surface area contributed by atoms with Gasteiger partial charge in [0.15, 0.2) is 0 Å². The van der Waals surface area contributed by atoms with Gasteiger partial charge < -0.3 is 4.74 Å². The van der Waals surface area contributed by atoms with Crippen LogP contribution in [-0.2, 0) is 9.53 Å². The summed E-state index contributed by atoms with van der Waals surface area (Å²) in [4.78, 5) is 11.3. The second-order valence-corrected chi connectivity index (χ2v) is 3.83. The molecule has 0 unspecified atom stereocenters. The standard InChI is InChI=1S/C16H19ClO2.2C2H6/c1-5-9-11-13(7-3)12-19-15(8-4)14(10-6-2)16(17)18;2*1-2/h5-11H,1-2,12H2,3-4H3;2*1-2H3/b11-9-,13-7+,14-10+,15-8+;;. The maximum Gasteiger partial charge on any atom is 0.256 e. The average Bonchev–Trinajstić information content (AvgIpc) is 2.60. The first-order valence-corrected chi connectivity index (χ1v) is 8.24. The summed E-state index contributed by atoms with van der Waals surface area (Å²) >= 11 is 5.51. The number of allylic oxidation sites excluding steroid dienone is 7. The Morgan fingerprint density at radius 3 is 1.96 bits per heavy atom. The van der Waals surface area contributed by atoms with Crippen LogP contribution in [0.15, 0.2) is 72.6 Å². The molecule has 0 fully saturated rings. The van der Waals surface area contributed by atoms with E-state index in [1.54, 1.807) is 19.1 Å². The van der Waals surface area contributed by atoms with Gasteiger partial charge in [-0.15, -0.1) is 0 Å². The van der Waals surface area contributed by atoms with Crippen LogP contribution in [0.4, 0.5) is 0 Å². The molecule has 0 aliphatic heterocycles. The Kier molecular flexibility index (Phi) is 22.9. The van der Waals surface area contributed by atoms with Crippen molar-refractivity contribution in [3.05, 3.63) is 72.6 Å². The topological polar surface area (TPSA) is 26.3 Å². The molecule has 23 heavy (non-hydrogen) atoms. The van der Waals surface area contributed by atoms with Crippen LogP contribution in [0.3, 0.4) is 0 Å². The zero-order valence-electron chi connectivity index (χ0n) is 15.4. The monoisotopic (exact) mass is 338 g/mol. The van der Waals surface area contributed by atoms with E-state index in [1.807, 2.05) is 52.8 Å². The second kappa shape index (κ2) is 20.2. The molecular weight excluding hydrogens is 308 g/mol. The fourth-order valence-electron chi connectivity index (χ4n) is 1.26. The van der Waals surface area contributed by atoms with Gasteiger partial charge in [0, 0.05) is 0 Å². The molecule has 0 atom stereocenters. The molecule has 0 saturated carbocycles. The van der Waals surface area contributed by atoms with E-state index in [-0.39, 0.29) is 0 Å². The third kappa shape index (κ3) is 13.6. The van der Waals surface area contributed by atoms with E-state index < -0.39 is 5.24 Å². The molecule has 0 amide bonds. The third-order valence-electron chi connectivity index (χ3n) is 2.24. The van der Waals surface area contributed by atoms with Crippen LogP contribution in [0.1, 0.15) is 41.5 Å². The number of hydrogen-bond donors (Lipinski definition) is 0. The summed E-state index contributed by atoms with van der Waals surface area (Å²) in [6.07, 6.45) is 12.0. The number of hydrogen-bond acceptors (Lipinski definition) is 2. The molecule has 0 aromatic rings. The van der Waals surface area contributed by atoms with Gasteiger partial charge in [0.2, 0.25) is 0 Å². The summed E-state index contributed by atoms with van der Waals surface area (Å²) in [6, 6.07) is 0. The highest BCUT2D eigenvalue weighted by Crippen LogP contribution is 2.16. The van der Waals surface area contributed by atoms with Crippen molar-refractivity contribution in [2.75, 3.05) is 6.61 Å². The maximum absolute atomic E-state index is 11.3. The molecule has 0 spiro atoms. The Labute approximate surface area is 147 Å². The Bertz CT molecular complexity index is 452. The molecule has 0 aromatic heterocycles. The van der Waals surface area contributed by atoms with Crippen LogP contribution in [0.25, 0.3) is 0 Å². The highest BCUT2D eigenvalue weighted by atomic mass is 35.5. The van der Waals surface area contributed by atoms with Gasteiger partial charge in [-0.3, -0.25) is 4.79 Å². The maximum atomic E-state index is 11.3. The van der Waals surface area contributed by atoms with E-state index in [4.69, 9.17) is 16.3 Å². The highest BCUT2D eigenvalue weighted by molar-refractivity contribution is 6.68. The lowest BCUT2D eigenvalue weighted by atomic mass is 10.2. The van der Waals surface area contributed by atoms with Gasteiger partial charge in [-0.2, -0.15) is 0 Å². The van der Waals surface area contributed by atoms with E-state index in [9.17, 15) is 4.79 Å². The molecule has 0 aliphatic rings. The zero-order valence-corrected chi connectivity index (χ0v) is 16.1. The number of ether oxygens (including phenoxy) is 1. The van der Waals surface area contributed by atoms with Gasteiger partial charge in [-0.25, -0.2) is 0 Å². The van der Waals surface area contributed by atoms with Crippen LogP contribution in [0, 0.1) is 0 Å². The normalized spacial score (nSPS) is 11.7. The summed E-state index contributed by atoms with van der Waals surface area (Å²) in [5.74, 6) is 0.436. The van der Waals surface area contributed by atoms with Gasteiger partial charge in [0.25, 0.3) is 5.24 Å². The first-order chi connectivity index (χ1) is 11.1. The van der Waals surface area contributed by atoms with Gasteiger partial charge in [-0.05, 0) is 43.2 Å². The van der Waals surface area contributed by atoms with Crippen molar-refractivity contribution >= 4 is 16.8 Å². The molecule has 0 aromatic carbocycles. The summed E-state index contributed by atoms with van der Waals surface area (Å²) in [5, 5.41) is -0.573. The minimum atomic E-state index is -0.573. The van der Waals surface area contributed by atoms with E-state index in [1.165, 1.54) is 12.2 Å². The fraction of sp³-hybridized carbons (Fsp3) is 0.350.